The topological polar surface area (TPSA) is 54.9 Å². The number of rotatable bonds is 7. The molecule has 6 heteroatoms. The van der Waals surface area contributed by atoms with Crippen LogP contribution in [-0.2, 0) is 0 Å². The SMILES string of the molecule is CCOc1cc(/C=N\NC(=S)NC2CCCCC2)ccc1OC(C)C. The van der Waals surface area contributed by atoms with Gasteiger partial charge in [0.1, 0.15) is 0 Å². The standard InChI is InChI=1S/C19H29N3O2S/c1-4-23-18-12-15(10-11-17(18)24-14(2)3)13-20-22-19(25)21-16-8-6-5-7-9-16/h10-14,16H,4-9H2,1-3H3,(H2,21,22,25)/b20-13-. The molecular weight excluding hydrogens is 334 g/mol. The number of nitrogens with zero attached hydrogens (tertiary/aromatic N) is 1. The third-order valence-corrected chi connectivity index (χ3v) is 4.16. The molecule has 0 amide bonds. The minimum atomic E-state index is 0.101. The van der Waals surface area contributed by atoms with Crippen LogP contribution < -0.4 is 20.2 Å². The minimum absolute atomic E-state index is 0.101. The number of thiocarbonyl (C=S) groups is 1. The Bertz CT molecular complexity index is 584. The number of hydrogen-bond donors (Lipinski definition) is 2. The molecule has 2 rings (SSSR count). The first-order chi connectivity index (χ1) is 12.1. The van der Waals surface area contributed by atoms with E-state index in [0.717, 1.165) is 17.1 Å². The molecule has 5 nitrogen and oxygen atoms in total. The Hall–Kier alpha value is -1.82. The van der Waals surface area contributed by atoms with Crippen molar-refractivity contribution < 1.29 is 9.47 Å². The van der Waals surface area contributed by atoms with Crippen molar-refractivity contribution in [3.05, 3.63) is 23.8 Å². The zero-order valence-corrected chi connectivity index (χ0v) is 16.2. The summed E-state index contributed by atoms with van der Waals surface area (Å²) in [6, 6.07) is 6.25. The molecule has 1 fully saturated rings. The minimum Gasteiger partial charge on any atom is -0.490 e. The Morgan fingerprint density at radius 2 is 2.04 bits per heavy atom. The van der Waals surface area contributed by atoms with Gasteiger partial charge in [-0.1, -0.05) is 19.3 Å². The monoisotopic (exact) mass is 363 g/mol. The van der Waals surface area contributed by atoms with Gasteiger partial charge in [0.25, 0.3) is 0 Å². The molecule has 0 saturated heterocycles. The second-order valence-corrected chi connectivity index (χ2v) is 6.89. The maximum absolute atomic E-state index is 5.76. The largest absolute Gasteiger partial charge is 0.490 e. The molecular formula is C19H29N3O2S. The molecule has 1 aromatic carbocycles. The zero-order chi connectivity index (χ0) is 18.1. The van der Waals surface area contributed by atoms with Crippen LogP contribution >= 0.6 is 12.2 Å². The smallest absolute Gasteiger partial charge is 0.187 e. The van der Waals surface area contributed by atoms with Gasteiger partial charge < -0.3 is 14.8 Å². The lowest BCUT2D eigenvalue weighted by Crippen LogP contribution is -2.40. The maximum Gasteiger partial charge on any atom is 0.187 e. The molecule has 0 radical (unpaired) electrons. The molecule has 1 aliphatic carbocycles. The van der Waals surface area contributed by atoms with Gasteiger partial charge in [-0.05, 0) is 69.6 Å². The van der Waals surface area contributed by atoms with Crippen LogP contribution in [-0.4, -0.2) is 30.1 Å². The van der Waals surface area contributed by atoms with Crippen molar-refractivity contribution in [3.8, 4) is 11.5 Å². The van der Waals surface area contributed by atoms with Gasteiger partial charge in [-0.2, -0.15) is 5.10 Å². The molecule has 0 aliphatic heterocycles. The van der Waals surface area contributed by atoms with Gasteiger partial charge in [-0.15, -0.1) is 0 Å². The van der Waals surface area contributed by atoms with E-state index < -0.39 is 0 Å². The lowest BCUT2D eigenvalue weighted by atomic mass is 9.96. The Morgan fingerprint density at radius 1 is 1.28 bits per heavy atom. The van der Waals surface area contributed by atoms with Crippen LogP contribution in [0.1, 0.15) is 58.4 Å². The summed E-state index contributed by atoms with van der Waals surface area (Å²) in [4.78, 5) is 0. The van der Waals surface area contributed by atoms with E-state index in [1.165, 1.54) is 32.1 Å². The summed E-state index contributed by atoms with van der Waals surface area (Å²) in [6.07, 6.45) is 8.07. The average molecular weight is 364 g/mol. The van der Waals surface area contributed by atoms with Crippen molar-refractivity contribution >= 4 is 23.5 Å². The summed E-state index contributed by atoms with van der Waals surface area (Å²) >= 11 is 5.31. The molecule has 25 heavy (non-hydrogen) atoms. The molecule has 0 unspecified atom stereocenters. The van der Waals surface area contributed by atoms with Gasteiger partial charge in [0.05, 0.1) is 18.9 Å². The first-order valence-corrected chi connectivity index (χ1v) is 9.52. The van der Waals surface area contributed by atoms with E-state index in [9.17, 15) is 0 Å². The zero-order valence-electron chi connectivity index (χ0n) is 15.4. The highest BCUT2D eigenvalue weighted by Crippen LogP contribution is 2.28. The van der Waals surface area contributed by atoms with Gasteiger partial charge >= 0.3 is 0 Å². The number of hydrazone groups is 1. The van der Waals surface area contributed by atoms with Crippen molar-refractivity contribution in [3.63, 3.8) is 0 Å². The first kappa shape index (κ1) is 19.5. The third kappa shape index (κ3) is 6.90. The van der Waals surface area contributed by atoms with E-state index >= 15 is 0 Å². The second-order valence-electron chi connectivity index (χ2n) is 6.48. The molecule has 0 spiro atoms. The fourth-order valence-corrected chi connectivity index (χ4v) is 3.07. The van der Waals surface area contributed by atoms with Gasteiger partial charge in [0.15, 0.2) is 16.6 Å². The summed E-state index contributed by atoms with van der Waals surface area (Å²) < 4.78 is 11.4. The molecule has 0 atom stereocenters. The predicted octanol–water partition coefficient (Wildman–Crippen LogP) is 4.00. The van der Waals surface area contributed by atoms with Gasteiger partial charge in [-0.25, -0.2) is 0 Å². The van der Waals surface area contributed by atoms with E-state index in [1.54, 1.807) is 6.21 Å². The molecule has 2 N–H and O–H groups in total. The Morgan fingerprint density at radius 3 is 2.72 bits per heavy atom. The predicted molar refractivity (Wildman–Crippen MR) is 107 cm³/mol. The second kappa shape index (κ2) is 10.2. The number of ether oxygens (including phenoxy) is 2. The molecule has 138 valence electrons. The van der Waals surface area contributed by atoms with Crippen LogP contribution in [0.5, 0.6) is 11.5 Å². The third-order valence-electron chi connectivity index (χ3n) is 3.95. The Kier molecular flexibility index (Phi) is 7.98. The summed E-state index contributed by atoms with van der Waals surface area (Å²) in [5, 5.41) is 8.13. The molecule has 0 aromatic heterocycles. The first-order valence-electron chi connectivity index (χ1n) is 9.11. The van der Waals surface area contributed by atoms with Crippen LogP contribution in [0.25, 0.3) is 0 Å². The van der Waals surface area contributed by atoms with Crippen molar-refractivity contribution in [1.82, 2.24) is 10.7 Å². The highest BCUT2D eigenvalue weighted by molar-refractivity contribution is 7.80. The van der Waals surface area contributed by atoms with Crippen molar-refractivity contribution in [2.45, 2.75) is 65.0 Å². The van der Waals surface area contributed by atoms with Crippen LogP contribution in [0.4, 0.5) is 0 Å². The van der Waals surface area contributed by atoms with Crippen LogP contribution in [0.15, 0.2) is 23.3 Å². The lowest BCUT2D eigenvalue weighted by molar-refractivity contribution is 0.224. The molecule has 1 saturated carbocycles. The number of hydrogen-bond acceptors (Lipinski definition) is 4. The molecule has 0 bridgehead atoms. The Labute approximate surface area is 156 Å². The van der Waals surface area contributed by atoms with E-state index in [1.807, 2.05) is 39.0 Å². The van der Waals surface area contributed by atoms with Crippen LogP contribution in [0, 0.1) is 0 Å². The number of benzene rings is 1. The number of nitrogens with one attached hydrogen (secondary N) is 2. The van der Waals surface area contributed by atoms with Crippen molar-refractivity contribution in [2.24, 2.45) is 5.10 Å². The molecule has 0 heterocycles. The van der Waals surface area contributed by atoms with Crippen molar-refractivity contribution in [1.29, 1.82) is 0 Å². The van der Waals surface area contributed by atoms with Crippen LogP contribution in [0.3, 0.4) is 0 Å². The Balaban J connectivity index is 1.90. The maximum atomic E-state index is 5.76. The van der Waals surface area contributed by atoms with E-state index in [-0.39, 0.29) is 6.10 Å². The summed E-state index contributed by atoms with van der Waals surface area (Å²) in [7, 11) is 0. The summed E-state index contributed by atoms with van der Waals surface area (Å²) in [5.74, 6) is 1.47. The molecule has 1 aliphatic rings. The van der Waals surface area contributed by atoms with Gasteiger partial charge in [0.2, 0.25) is 0 Å². The fourth-order valence-electron chi connectivity index (χ4n) is 2.85. The average Bonchev–Trinajstić information content (AvgIpc) is 2.58. The lowest BCUT2D eigenvalue weighted by Gasteiger charge is -2.23. The normalized spacial score (nSPS) is 15.4. The fraction of sp³-hybridized carbons (Fsp3) is 0.579. The summed E-state index contributed by atoms with van der Waals surface area (Å²) in [6.45, 7) is 6.53. The highest BCUT2D eigenvalue weighted by Gasteiger charge is 2.13. The van der Waals surface area contributed by atoms with Crippen LogP contribution in [0.2, 0.25) is 0 Å². The summed E-state index contributed by atoms with van der Waals surface area (Å²) in [5.41, 5.74) is 3.82. The van der Waals surface area contributed by atoms with Crippen molar-refractivity contribution in [2.75, 3.05) is 6.61 Å². The highest BCUT2D eigenvalue weighted by atomic mass is 32.1. The van der Waals surface area contributed by atoms with E-state index in [0.29, 0.717) is 17.8 Å². The molecule has 1 aromatic rings. The van der Waals surface area contributed by atoms with E-state index in [2.05, 4.69) is 15.8 Å². The van der Waals surface area contributed by atoms with Gasteiger partial charge in [0, 0.05) is 6.04 Å². The van der Waals surface area contributed by atoms with E-state index in [4.69, 9.17) is 21.7 Å². The quantitative estimate of drug-likeness (QED) is 0.436. The van der Waals surface area contributed by atoms with Gasteiger partial charge in [-0.3, -0.25) is 5.43 Å².